The molecule has 1 heterocycles. The minimum Gasteiger partial charge on any atom is -0.356 e. The monoisotopic (exact) mass is 288 g/mol. The molecule has 1 aromatic carbocycles. The predicted octanol–water partition coefficient (Wildman–Crippen LogP) is 1.53. The average molecular weight is 288 g/mol. The number of carbonyl (C=O) groups is 2. The first kappa shape index (κ1) is 14.1. The van der Waals surface area contributed by atoms with Crippen LogP contribution < -0.4 is 5.32 Å². The molecule has 2 N–H and O–H groups in total. The zero-order chi connectivity index (χ0) is 15.0. The molecule has 1 atom stereocenters. The van der Waals surface area contributed by atoms with Gasteiger partial charge in [0, 0.05) is 18.7 Å². The van der Waals surface area contributed by atoms with Crippen molar-refractivity contribution in [1.29, 1.82) is 0 Å². The van der Waals surface area contributed by atoms with E-state index in [0.717, 1.165) is 48.4 Å². The Kier molecular flexibility index (Phi) is 3.45. The minimum absolute atomic E-state index is 0.167. The van der Waals surface area contributed by atoms with Gasteiger partial charge < -0.3 is 5.32 Å². The molecule has 2 aliphatic rings. The fraction of sp³-hybridized carbons (Fsp3) is 0.500. The third kappa shape index (κ3) is 2.31. The Balaban J connectivity index is 1.86. The third-order valence-electron chi connectivity index (χ3n) is 4.76. The van der Waals surface area contributed by atoms with Gasteiger partial charge in [0.2, 0.25) is 5.91 Å². The van der Waals surface area contributed by atoms with Crippen molar-refractivity contribution in [2.75, 3.05) is 13.1 Å². The van der Waals surface area contributed by atoms with Gasteiger partial charge in [-0.2, -0.15) is 0 Å². The second-order valence-electron chi connectivity index (χ2n) is 5.97. The summed E-state index contributed by atoms with van der Waals surface area (Å²) >= 11 is 0. The highest BCUT2D eigenvalue weighted by atomic mass is 16.5. The van der Waals surface area contributed by atoms with Gasteiger partial charge >= 0.3 is 0 Å². The number of nitrogens with zero attached hydrogens (tertiary/aromatic N) is 1. The first-order valence-corrected chi connectivity index (χ1v) is 7.46. The molecule has 1 aromatic rings. The van der Waals surface area contributed by atoms with Crippen LogP contribution in [-0.2, 0) is 17.6 Å². The highest BCUT2D eigenvalue weighted by Crippen LogP contribution is 2.41. The number of rotatable bonds is 2. The Morgan fingerprint density at radius 1 is 1.38 bits per heavy atom. The summed E-state index contributed by atoms with van der Waals surface area (Å²) in [5, 5.41) is 13.2. The quantitative estimate of drug-likeness (QED) is 0.640. The van der Waals surface area contributed by atoms with Gasteiger partial charge in [-0.3, -0.25) is 14.8 Å². The molecule has 112 valence electrons. The number of hydroxylamine groups is 2. The summed E-state index contributed by atoms with van der Waals surface area (Å²) in [6.07, 6.45) is 3.28. The van der Waals surface area contributed by atoms with Crippen LogP contribution in [0.15, 0.2) is 18.2 Å². The zero-order valence-corrected chi connectivity index (χ0v) is 12.2. The van der Waals surface area contributed by atoms with Gasteiger partial charge in [0.25, 0.3) is 5.91 Å². The van der Waals surface area contributed by atoms with Crippen molar-refractivity contribution in [2.45, 2.75) is 32.6 Å². The first-order valence-electron chi connectivity index (χ1n) is 7.46. The molecule has 1 aliphatic heterocycles. The predicted molar refractivity (Wildman–Crippen MR) is 77.0 cm³/mol. The van der Waals surface area contributed by atoms with Crippen LogP contribution in [-0.4, -0.2) is 35.2 Å². The fourth-order valence-electron chi connectivity index (χ4n) is 3.41. The van der Waals surface area contributed by atoms with E-state index < -0.39 is 0 Å². The number of nitrogens with one attached hydrogen (secondary N) is 1. The third-order valence-corrected chi connectivity index (χ3v) is 4.76. The number of amides is 2. The van der Waals surface area contributed by atoms with E-state index in [9.17, 15) is 14.8 Å². The maximum atomic E-state index is 12.1. The molecule has 1 spiro atoms. The molecule has 0 saturated carbocycles. The number of hydrogen-bond acceptors (Lipinski definition) is 3. The summed E-state index contributed by atoms with van der Waals surface area (Å²) in [6, 6.07) is 5.53. The molecule has 5 nitrogen and oxygen atoms in total. The molecule has 0 radical (unpaired) electrons. The highest BCUT2D eigenvalue weighted by Gasteiger charge is 2.44. The maximum Gasteiger partial charge on any atom is 0.277 e. The molecule has 1 saturated heterocycles. The highest BCUT2D eigenvalue weighted by molar-refractivity contribution is 5.93. The molecule has 1 fully saturated rings. The molecule has 0 bridgehead atoms. The number of carbonyl (C=O) groups excluding carboxylic acids is 2. The van der Waals surface area contributed by atoms with E-state index in [0.29, 0.717) is 5.56 Å². The average Bonchev–Trinajstić information content (AvgIpc) is 2.85. The number of hydrogen-bond donors (Lipinski definition) is 2. The van der Waals surface area contributed by atoms with E-state index >= 15 is 0 Å². The minimum atomic E-state index is -0.376. The Morgan fingerprint density at radius 2 is 2.19 bits per heavy atom. The van der Waals surface area contributed by atoms with E-state index in [2.05, 4.69) is 5.32 Å². The van der Waals surface area contributed by atoms with E-state index in [1.165, 1.54) is 0 Å². The van der Waals surface area contributed by atoms with Crippen LogP contribution in [0.3, 0.4) is 0 Å². The largest absolute Gasteiger partial charge is 0.356 e. The van der Waals surface area contributed by atoms with Crippen LogP contribution >= 0.6 is 0 Å². The molecule has 3 rings (SSSR count). The lowest BCUT2D eigenvalue weighted by Gasteiger charge is -2.32. The molecule has 21 heavy (non-hydrogen) atoms. The number of benzene rings is 1. The number of fused-ring (bicyclic) bond motifs is 1. The van der Waals surface area contributed by atoms with Crippen molar-refractivity contribution >= 4 is 11.8 Å². The zero-order valence-electron chi connectivity index (χ0n) is 12.2. The standard InChI is InChI=1S/C16H20N2O3/c1-2-18(21)14(19)12-3-4-13-10-16(6-5-11(13)9-12)7-8-17-15(16)20/h3-4,9,21H,2,5-8,10H2,1H3,(H,17,20)/t16-/m1/s1. The lowest BCUT2D eigenvalue weighted by atomic mass is 9.70. The van der Waals surface area contributed by atoms with E-state index in [1.54, 1.807) is 13.0 Å². The molecular formula is C16H20N2O3. The molecule has 2 amide bonds. The second kappa shape index (κ2) is 5.15. The second-order valence-corrected chi connectivity index (χ2v) is 5.97. The fourth-order valence-corrected chi connectivity index (χ4v) is 3.41. The molecule has 1 aliphatic carbocycles. The molecule has 0 aromatic heterocycles. The van der Waals surface area contributed by atoms with E-state index in [-0.39, 0.29) is 23.8 Å². The van der Waals surface area contributed by atoms with Gasteiger partial charge in [-0.25, -0.2) is 5.06 Å². The molecular weight excluding hydrogens is 268 g/mol. The van der Waals surface area contributed by atoms with Crippen molar-refractivity contribution in [1.82, 2.24) is 10.4 Å². The van der Waals surface area contributed by atoms with Crippen molar-refractivity contribution in [2.24, 2.45) is 5.41 Å². The van der Waals surface area contributed by atoms with Crippen LogP contribution in [0.2, 0.25) is 0 Å². The lowest BCUT2D eigenvalue weighted by molar-refractivity contribution is -0.128. The SMILES string of the molecule is CCN(O)C(=O)c1ccc2c(c1)CC[C@@]1(CCNC1=O)C2. The summed E-state index contributed by atoms with van der Waals surface area (Å²) in [5.74, 6) is -0.208. The van der Waals surface area contributed by atoms with Crippen molar-refractivity contribution in [3.05, 3.63) is 34.9 Å². The Hall–Kier alpha value is -1.88. The summed E-state index contributed by atoms with van der Waals surface area (Å²) < 4.78 is 0. The lowest BCUT2D eigenvalue weighted by Crippen LogP contribution is -2.36. The summed E-state index contributed by atoms with van der Waals surface area (Å²) in [7, 11) is 0. The van der Waals surface area contributed by atoms with Crippen LogP contribution in [0, 0.1) is 5.41 Å². The van der Waals surface area contributed by atoms with E-state index in [4.69, 9.17) is 0 Å². The Labute approximate surface area is 123 Å². The van der Waals surface area contributed by atoms with Crippen LogP contribution in [0.25, 0.3) is 0 Å². The van der Waals surface area contributed by atoms with Gasteiger partial charge in [0.1, 0.15) is 0 Å². The van der Waals surface area contributed by atoms with E-state index in [1.807, 2.05) is 12.1 Å². The Bertz CT molecular complexity index is 599. The molecule has 5 heteroatoms. The topological polar surface area (TPSA) is 69.6 Å². The normalized spacial score (nSPS) is 23.8. The van der Waals surface area contributed by atoms with Crippen LogP contribution in [0.1, 0.15) is 41.3 Å². The summed E-state index contributed by atoms with van der Waals surface area (Å²) in [6.45, 7) is 2.75. The Morgan fingerprint density at radius 3 is 2.86 bits per heavy atom. The summed E-state index contributed by atoms with van der Waals surface area (Å²) in [4.78, 5) is 24.0. The van der Waals surface area contributed by atoms with Gasteiger partial charge in [0.05, 0.1) is 5.41 Å². The summed E-state index contributed by atoms with van der Waals surface area (Å²) in [5.41, 5.74) is 2.53. The van der Waals surface area contributed by atoms with Gasteiger partial charge in [0.15, 0.2) is 0 Å². The maximum absolute atomic E-state index is 12.1. The van der Waals surface area contributed by atoms with Gasteiger partial charge in [-0.15, -0.1) is 0 Å². The van der Waals surface area contributed by atoms with Gasteiger partial charge in [-0.05, 0) is 55.9 Å². The van der Waals surface area contributed by atoms with Crippen molar-refractivity contribution < 1.29 is 14.8 Å². The molecule has 0 unspecified atom stereocenters. The smallest absolute Gasteiger partial charge is 0.277 e. The van der Waals surface area contributed by atoms with Crippen LogP contribution in [0.4, 0.5) is 0 Å². The van der Waals surface area contributed by atoms with Crippen LogP contribution in [0.5, 0.6) is 0 Å². The first-order chi connectivity index (χ1) is 10.1. The van der Waals surface area contributed by atoms with Crippen molar-refractivity contribution in [3.8, 4) is 0 Å². The van der Waals surface area contributed by atoms with Gasteiger partial charge in [-0.1, -0.05) is 6.07 Å². The van der Waals surface area contributed by atoms with Crippen molar-refractivity contribution in [3.63, 3.8) is 0 Å². The number of aryl methyl sites for hydroxylation is 1.